The summed E-state index contributed by atoms with van der Waals surface area (Å²) >= 11 is 0. The maximum absolute atomic E-state index is 13.5. The SMILES string of the molecule is FC(F)=CC(CC(F)(C(F)(F)F)C(F)(F)F)CC(F)(C(F)(F)F)C(F)(F)F. The van der Waals surface area contributed by atoms with Gasteiger partial charge in [-0.05, 0) is 12.0 Å². The third kappa shape index (κ3) is 5.33. The minimum Gasteiger partial charge on any atom is -0.224 e. The van der Waals surface area contributed by atoms with E-state index in [-0.39, 0.29) is 0 Å². The summed E-state index contributed by atoms with van der Waals surface area (Å²) in [6.45, 7) is 0. The van der Waals surface area contributed by atoms with Gasteiger partial charge in [-0.3, -0.25) is 0 Å². The molecule has 0 aromatic carbocycles. The number of hydrogen-bond donors (Lipinski definition) is 0. The van der Waals surface area contributed by atoms with E-state index in [1.807, 2.05) is 0 Å². The fourth-order valence-corrected chi connectivity index (χ4v) is 1.88. The Morgan fingerprint density at radius 2 is 0.741 bits per heavy atom. The number of rotatable bonds is 5. The van der Waals surface area contributed by atoms with E-state index < -0.39 is 67.0 Å². The second kappa shape index (κ2) is 7.22. The summed E-state index contributed by atoms with van der Waals surface area (Å²) in [6, 6.07) is 0. The molecule has 0 N–H and O–H groups in total. The van der Waals surface area contributed by atoms with Gasteiger partial charge in [0.2, 0.25) is 0 Å². The van der Waals surface area contributed by atoms with Crippen LogP contribution in [0.4, 0.5) is 70.2 Å². The first-order chi connectivity index (χ1) is 11.5. The van der Waals surface area contributed by atoms with Crippen LogP contribution in [0.5, 0.6) is 0 Å². The fraction of sp³-hybridized carbons (Fsp3) is 0.818. The molecule has 0 heterocycles. The average molecular weight is 442 g/mol. The van der Waals surface area contributed by atoms with E-state index in [9.17, 15) is 70.2 Å². The van der Waals surface area contributed by atoms with E-state index in [1.165, 1.54) is 0 Å². The summed E-state index contributed by atoms with van der Waals surface area (Å²) in [4.78, 5) is 0. The van der Waals surface area contributed by atoms with Gasteiger partial charge < -0.3 is 0 Å². The van der Waals surface area contributed by atoms with E-state index in [1.54, 1.807) is 0 Å². The van der Waals surface area contributed by atoms with Crippen LogP contribution in [0.3, 0.4) is 0 Å². The van der Waals surface area contributed by atoms with E-state index in [4.69, 9.17) is 0 Å². The highest BCUT2D eigenvalue weighted by atomic mass is 19.4. The molecule has 0 amide bonds. The van der Waals surface area contributed by atoms with Crippen molar-refractivity contribution in [2.24, 2.45) is 5.92 Å². The van der Waals surface area contributed by atoms with Crippen molar-refractivity contribution in [3.8, 4) is 0 Å². The molecule has 16 heteroatoms. The maximum atomic E-state index is 13.5. The summed E-state index contributed by atoms with van der Waals surface area (Å²) in [6.07, 6.45) is -39.2. The van der Waals surface area contributed by atoms with Crippen molar-refractivity contribution >= 4 is 0 Å². The smallest absolute Gasteiger partial charge is 0.224 e. The largest absolute Gasteiger partial charge is 0.431 e. The van der Waals surface area contributed by atoms with Gasteiger partial charge in [-0.25, -0.2) is 8.78 Å². The average Bonchev–Trinajstić information content (AvgIpc) is 2.31. The molecule has 0 rings (SSSR count). The molecule has 27 heavy (non-hydrogen) atoms. The molecule has 0 aliphatic carbocycles. The Morgan fingerprint density at radius 1 is 0.519 bits per heavy atom. The first kappa shape index (κ1) is 25.6. The Kier molecular flexibility index (Phi) is 6.85. The van der Waals surface area contributed by atoms with Crippen LogP contribution in [0.1, 0.15) is 12.8 Å². The lowest BCUT2D eigenvalue weighted by Crippen LogP contribution is -2.57. The lowest BCUT2D eigenvalue weighted by molar-refractivity contribution is -0.355. The van der Waals surface area contributed by atoms with Gasteiger partial charge in [0.15, 0.2) is 0 Å². The van der Waals surface area contributed by atoms with Crippen LogP contribution in [-0.2, 0) is 0 Å². The summed E-state index contributed by atoms with van der Waals surface area (Å²) in [5.41, 5.74) is -13.0. The number of halogens is 16. The molecule has 0 aromatic heterocycles. The predicted octanol–water partition coefficient (Wildman–Crippen LogP) is 6.83. The molecule has 0 fully saturated rings. The van der Waals surface area contributed by atoms with E-state index in [0.717, 1.165) is 0 Å². The van der Waals surface area contributed by atoms with Crippen molar-refractivity contribution < 1.29 is 70.2 Å². The maximum Gasteiger partial charge on any atom is 0.431 e. The molecule has 0 aliphatic rings. The Balaban J connectivity index is 6.29. The van der Waals surface area contributed by atoms with Crippen molar-refractivity contribution in [3.63, 3.8) is 0 Å². The van der Waals surface area contributed by atoms with Crippen LogP contribution >= 0.6 is 0 Å². The molecule has 0 radical (unpaired) electrons. The lowest BCUT2D eigenvalue weighted by Gasteiger charge is -2.36. The first-order valence-electron chi connectivity index (χ1n) is 6.17. The van der Waals surface area contributed by atoms with Crippen molar-refractivity contribution in [2.75, 3.05) is 0 Å². The van der Waals surface area contributed by atoms with Crippen LogP contribution in [0, 0.1) is 5.92 Å². The van der Waals surface area contributed by atoms with Crippen molar-refractivity contribution in [3.05, 3.63) is 12.2 Å². The third-order valence-corrected chi connectivity index (χ3v) is 3.25. The summed E-state index contributed by atoms with van der Waals surface area (Å²) in [5.74, 6) is -3.78. The van der Waals surface area contributed by atoms with Crippen molar-refractivity contribution in [2.45, 2.75) is 48.9 Å². The standard InChI is InChI=1S/C11H6F16/c12-5(13)1-4(2-6(14,8(16,17)18)9(19,20)21)3-7(15,10(22,23)24)11(25,26)27/h1,4H,2-3H2. The normalized spacial score (nSPS) is 15.3. The number of hydrogen-bond acceptors (Lipinski definition) is 0. The highest BCUT2D eigenvalue weighted by Crippen LogP contribution is 2.54. The minimum absolute atomic E-state index is 1.24. The zero-order valence-electron chi connectivity index (χ0n) is 12.1. The summed E-state index contributed by atoms with van der Waals surface area (Å²) in [7, 11) is 0. The van der Waals surface area contributed by atoms with Crippen molar-refractivity contribution in [1.82, 2.24) is 0 Å². The number of allylic oxidation sites excluding steroid dienone is 1. The Labute approximate surface area is 138 Å². The van der Waals surface area contributed by atoms with Gasteiger partial charge in [-0.2, -0.15) is 61.5 Å². The molecular formula is C11H6F16. The lowest BCUT2D eigenvalue weighted by atomic mass is 9.82. The van der Waals surface area contributed by atoms with Gasteiger partial charge in [0.1, 0.15) is 0 Å². The van der Waals surface area contributed by atoms with Gasteiger partial charge in [0, 0.05) is 12.8 Å². The van der Waals surface area contributed by atoms with Gasteiger partial charge >= 0.3 is 24.7 Å². The van der Waals surface area contributed by atoms with Gasteiger partial charge in [0.05, 0.1) is 0 Å². The van der Waals surface area contributed by atoms with Crippen LogP contribution in [-0.4, -0.2) is 36.0 Å². The van der Waals surface area contributed by atoms with Gasteiger partial charge in [0.25, 0.3) is 17.4 Å². The third-order valence-electron chi connectivity index (χ3n) is 3.25. The molecular weight excluding hydrogens is 436 g/mol. The summed E-state index contributed by atoms with van der Waals surface area (Å²) < 4.78 is 199. The molecule has 0 nitrogen and oxygen atoms in total. The van der Waals surface area contributed by atoms with E-state index >= 15 is 0 Å². The zero-order chi connectivity index (χ0) is 22.3. The predicted molar refractivity (Wildman–Crippen MR) is 54.9 cm³/mol. The van der Waals surface area contributed by atoms with E-state index in [2.05, 4.69) is 0 Å². The quantitative estimate of drug-likeness (QED) is 0.410. The molecule has 0 saturated carbocycles. The van der Waals surface area contributed by atoms with Gasteiger partial charge in [-0.1, -0.05) is 0 Å². The monoisotopic (exact) mass is 442 g/mol. The van der Waals surface area contributed by atoms with Crippen LogP contribution in [0.25, 0.3) is 0 Å². The zero-order valence-corrected chi connectivity index (χ0v) is 12.1. The van der Waals surface area contributed by atoms with Crippen LogP contribution < -0.4 is 0 Å². The van der Waals surface area contributed by atoms with Crippen LogP contribution in [0.15, 0.2) is 12.2 Å². The molecule has 0 spiro atoms. The number of alkyl halides is 14. The second-order valence-electron chi connectivity index (χ2n) is 5.22. The molecule has 0 saturated heterocycles. The Morgan fingerprint density at radius 3 is 0.889 bits per heavy atom. The second-order valence-corrected chi connectivity index (χ2v) is 5.22. The van der Waals surface area contributed by atoms with E-state index in [0.29, 0.717) is 0 Å². The topological polar surface area (TPSA) is 0 Å². The Bertz CT molecular complexity index is 457. The molecule has 0 bridgehead atoms. The first-order valence-corrected chi connectivity index (χ1v) is 6.17. The molecule has 0 atom stereocenters. The van der Waals surface area contributed by atoms with Gasteiger partial charge in [-0.15, -0.1) is 0 Å². The fourth-order valence-electron chi connectivity index (χ4n) is 1.88. The van der Waals surface area contributed by atoms with Crippen molar-refractivity contribution in [1.29, 1.82) is 0 Å². The summed E-state index contributed by atoms with van der Waals surface area (Å²) in [5, 5.41) is 0. The molecule has 0 aromatic rings. The Hall–Kier alpha value is -1.38. The highest BCUT2D eigenvalue weighted by Gasteiger charge is 2.75. The van der Waals surface area contributed by atoms with Crippen LogP contribution in [0.2, 0.25) is 0 Å². The molecule has 162 valence electrons. The molecule has 0 aliphatic heterocycles. The molecule has 0 unspecified atom stereocenters. The highest BCUT2D eigenvalue weighted by molar-refractivity contribution is 5.05. The minimum atomic E-state index is -6.96.